The molecule has 4 heteroatoms. The van der Waals surface area contributed by atoms with E-state index in [2.05, 4.69) is 26.2 Å². The molecule has 2 aromatic rings. The lowest BCUT2D eigenvalue weighted by atomic mass is 10.1. The van der Waals surface area contributed by atoms with E-state index in [4.69, 9.17) is 0 Å². The molecule has 2 nitrogen and oxygen atoms in total. The maximum absolute atomic E-state index is 13.6. The van der Waals surface area contributed by atoms with Gasteiger partial charge in [0.15, 0.2) is 11.6 Å². The lowest BCUT2D eigenvalue weighted by molar-refractivity contribution is 0.625. The normalized spacial score (nSPS) is 10.4. The summed E-state index contributed by atoms with van der Waals surface area (Å²) in [5.74, 6) is -0.139. The molecule has 1 aromatic carbocycles. The standard InChI is InChI=1S/C13H12BrFN2/c1-8-3-4-12(9(2)5-8)17-13-11(15)6-10(14)7-16-13/h3-7H,1-2H3,(H,16,17). The Morgan fingerprint density at radius 1 is 1.24 bits per heavy atom. The Hall–Kier alpha value is -1.42. The second-order valence-electron chi connectivity index (χ2n) is 3.93. The van der Waals surface area contributed by atoms with Gasteiger partial charge in [0, 0.05) is 16.4 Å². The monoisotopic (exact) mass is 294 g/mol. The van der Waals surface area contributed by atoms with Gasteiger partial charge in [0.1, 0.15) is 0 Å². The van der Waals surface area contributed by atoms with Gasteiger partial charge in [-0.25, -0.2) is 9.37 Å². The fourth-order valence-corrected chi connectivity index (χ4v) is 1.89. The number of pyridine rings is 1. The molecule has 0 fully saturated rings. The first-order chi connectivity index (χ1) is 8.06. The molecule has 0 aliphatic heterocycles. The van der Waals surface area contributed by atoms with E-state index in [1.807, 2.05) is 32.0 Å². The number of aromatic nitrogens is 1. The van der Waals surface area contributed by atoms with Crippen LogP contribution in [-0.2, 0) is 0 Å². The summed E-state index contributed by atoms with van der Waals surface area (Å²) < 4.78 is 14.2. The number of halogens is 2. The highest BCUT2D eigenvalue weighted by Crippen LogP contribution is 2.23. The van der Waals surface area contributed by atoms with Crippen LogP contribution in [0.4, 0.5) is 15.9 Å². The summed E-state index contributed by atoms with van der Waals surface area (Å²) in [6, 6.07) is 7.33. The first kappa shape index (κ1) is 12.0. The fraction of sp³-hybridized carbons (Fsp3) is 0.154. The Labute approximate surface area is 108 Å². The minimum absolute atomic E-state index is 0.236. The van der Waals surface area contributed by atoms with E-state index >= 15 is 0 Å². The van der Waals surface area contributed by atoms with Crippen molar-refractivity contribution in [3.8, 4) is 0 Å². The van der Waals surface area contributed by atoms with E-state index < -0.39 is 0 Å². The minimum Gasteiger partial charge on any atom is -0.338 e. The number of benzene rings is 1. The van der Waals surface area contributed by atoms with Crippen LogP contribution in [0.1, 0.15) is 11.1 Å². The lowest BCUT2D eigenvalue weighted by Gasteiger charge is -2.10. The summed E-state index contributed by atoms with van der Waals surface area (Å²) in [7, 11) is 0. The van der Waals surface area contributed by atoms with E-state index in [1.54, 1.807) is 6.20 Å². The van der Waals surface area contributed by atoms with Gasteiger partial charge in [0.2, 0.25) is 0 Å². The van der Waals surface area contributed by atoms with E-state index in [-0.39, 0.29) is 11.6 Å². The number of nitrogens with zero attached hydrogens (tertiary/aromatic N) is 1. The SMILES string of the molecule is Cc1ccc(Nc2ncc(Br)cc2F)c(C)c1. The van der Waals surface area contributed by atoms with Crippen LogP contribution in [0.25, 0.3) is 0 Å². The molecule has 0 atom stereocenters. The lowest BCUT2D eigenvalue weighted by Crippen LogP contribution is -1.98. The number of aryl methyl sites for hydroxylation is 2. The summed E-state index contributed by atoms with van der Waals surface area (Å²) in [5.41, 5.74) is 3.11. The van der Waals surface area contributed by atoms with Crippen molar-refractivity contribution in [3.05, 3.63) is 51.9 Å². The van der Waals surface area contributed by atoms with Crippen LogP contribution in [0.5, 0.6) is 0 Å². The first-order valence-corrected chi connectivity index (χ1v) is 6.01. The molecule has 0 bridgehead atoms. The average Bonchev–Trinajstić information content (AvgIpc) is 2.25. The molecule has 1 aromatic heterocycles. The minimum atomic E-state index is -0.376. The van der Waals surface area contributed by atoms with Crippen molar-refractivity contribution in [1.82, 2.24) is 4.98 Å². The molecule has 0 unspecified atom stereocenters. The molecular formula is C13H12BrFN2. The molecule has 88 valence electrons. The second-order valence-corrected chi connectivity index (χ2v) is 4.84. The molecule has 0 aliphatic carbocycles. The molecule has 0 radical (unpaired) electrons. The van der Waals surface area contributed by atoms with Gasteiger partial charge in [0.05, 0.1) is 0 Å². The Morgan fingerprint density at radius 2 is 2.00 bits per heavy atom. The smallest absolute Gasteiger partial charge is 0.166 e. The molecule has 1 N–H and O–H groups in total. The van der Waals surface area contributed by atoms with Crippen LogP contribution in [-0.4, -0.2) is 4.98 Å². The topological polar surface area (TPSA) is 24.9 Å². The molecule has 0 spiro atoms. The highest BCUT2D eigenvalue weighted by Gasteiger charge is 2.06. The Morgan fingerprint density at radius 3 is 2.65 bits per heavy atom. The molecule has 0 saturated heterocycles. The third kappa shape index (κ3) is 2.82. The van der Waals surface area contributed by atoms with Crippen molar-refractivity contribution in [1.29, 1.82) is 0 Å². The van der Waals surface area contributed by atoms with Crippen LogP contribution >= 0.6 is 15.9 Å². The van der Waals surface area contributed by atoms with Crippen LogP contribution < -0.4 is 5.32 Å². The molecule has 0 amide bonds. The zero-order valence-electron chi connectivity index (χ0n) is 9.59. The highest BCUT2D eigenvalue weighted by molar-refractivity contribution is 9.10. The van der Waals surface area contributed by atoms with Gasteiger partial charge in [-0.2, -0.15) is 0 Å². The summed E-state index contributed by atoms with van der Waals surface area (Å²) in [6.45, 7) is 4.00. The number of nitrogens with one attached hydrogen (secondary N) is 1. The Balaban J connectivity index is 2.31. The van der Waals surface area contributed by atoms with Crippen molar-refractivity contribution in [2.24, 2.45) is 0 Å². The van der Waals surface area contributed by atoms with Gasteiger partial charge in [-0.05, 0) is 47.5 Å². The summed E-state index contributed by atoms with van der Waals surface area (Å²) in [5, 5.41) is 2.99. The van der Waals surface area contributed by atoms with Gasteiger partial charge in [-0.1, -0.05) is 17.7 Å². The quantitative estimate of drug-likeness (QED) is 0.891. The maximum Gasteiger partial charge on any atom is 0.166 e. The van der Waals surface area contributed by atoms with Crippen LogP contribution in [0.15, 0.2) is 34.9 Å². The molecule has 1 heterocycles. The molecular weight excluding hydrogens is 283 g/mol. The molecule has 0 aliphatic rings. The summed E-state index contributed by atoms with van der Waals surface area (Å²) >= 11 is 3.18. The number of anilines is 2. The Bertz CT molecular complexity index is 506. The molecule has 2 rings (SSSR count). The zero-order chi connectivity index (χ0) is 12.4. The number of rotatable bonds is 2. The summed E-state index contributed by atoms with van der Waals surface area (Å²) in [6.07, 6.45) is 1.56. The van der Waals surface area contributed by atoms with Gasteiger partial charge < -0.3 is 5.32 Å². The van der Waals surface area contributed by atoms with Crippen molar-refractivity contribution in [3.63, 3.8) is 0 Å². The van der Waals surface area contributed by atoms with Crippen molar-refractivity contribution < 1.29 is 4.39 Å². The third-order valence-corrected chi connectivity index (χ3v) is 2.88. The van der Waals surface area contributed by atoms with Gasteiger partial charge in [0.25, 0.3) is 0 Å². The van der Waals surface area contributed by atoms with E-state index in [9.17, 15) is 4.39 Å². The number of hydrogen-bond donors (Lipinski definition) is 1. The van der Waals surface area contributed by atoms with Crippen LogP contribution in [0.2, 0.25) is 0 Å². The van der Waals surface area contributed by atoms with E-state index in [0.29, 0.717) is 4.47 Å². The van der Waals surface area contributed by atoms with Crippen LogP contribution in [0.3, 0.4) is 0 Å². The van der Waals surface area contributed by atoms with Gasteiger partial charge in [-0.15, -0.1) is 0 Å². The van der Waals surface area contributed by atoms with Crippen molar-refractivity contribution in [2.45, 2.75) is 13.8 Å². The first-order valence-electron chi connectivity index (χ1n) is 5.21. The van der Waals surface area contributed by atoms with E-state index in [0.717, 1.165) is 11.3 Å². The fourth-order valence-electron chi connectivity index (χ4n) is 1.59. The van der Waals surface area contributed by atoms with Crippen molar-refractivity contribution >= 4 is 27.4 Å². The van der Waals surface area contributed by atoms with Crippen molar-refractivity contribution in [2.75, 3.05) is 5.32 Å². The highest BCUT2D eigenvalue weighted by atomic mass is 79.9. The predicted octanol–water partition coefficient (Wildman–Crippen LogP) is 4.34. The van der Waals surface area contributed by atoms with Gasteiger partial charge >= 0.3 is 0 Å². The third-order valence-electron chi connectivity index (χ3n) is 2.44. The maximum atomic E-state index is 13.6. The van der Waals surface area contributed by atoms with Crippen LogP contribution in [0, 0.1) is 19.7 Å². The Kier molecular flexibility index (Phi) is 3.43. The predicted molar refractivity (Wildman–Crippen MR) is 71.1 cm³/mol. The summed E-state index contributed by atoms with van der Waals surface area (Å²) in [4.78, 5) is 4.00. The molecule has 17 heavy (non-hydrogen) atoms. The second kappa shape index (κ2) is 4.84. The zero-order valence-corrected chi connectivity index (χ0v) is 11.2. The van der Waals surface area contributed by atoms with E-state index in [1.165, 1.54) is 11.6 Å². The molecule has 0 saturated carbocycles. The number of hydrogen-bond acceptors (Lipinski definition) is 2. The largest absolute Gasteiger partial charge is 0.338 e. The average molecular weight is 295 g/mol. The van der Waals surface area contributed by atoms with Gasteiger partial charge in [-0.3, -0.25) is 0 Å².